The average molecular weight is 366 g/mol. The molecule has 1 aromatic heterocycles. The molecule has 0 saturated carbocycles. The lowest BCUT2D eigenvalue weighted by atomic mass is 10.1. The van der Waals surface area contributed by atoms with E-state index in [1.54, 1.807) is 6.21 Å². The van der Waals surface area contributed by atoms with Crippen molar-refractivity contribution in [2.45, 2.75) is 13.8 Å². The van der Waals surface area contributed by atoms with Crippen molar-refractivity contribution in [1.82, 2.24) is 10.7 Å². The van der Waals surface area contributed by atoms with Gasteiger partial charge in [-0.25, -0.2) is 0 Å². The third-order valence-corrected chi connectivity index (χ3v) is 3.60. The summed E-state index contributed by atoms with van der Waals surface area (Å²) in [7, 11) is 0. The summed E-state index contributed by atoms with van der Waals surface area (Å²) >= 11 is 8.56. The van der Waals surface area contributed by atoms with E-state index >= 15 is 0 Å². The second kappa shape index (κ2) is 7.38. The minimum Gasteiger partial charge on any atom is -0.455 e. The Kier molecular flexibility index (Phi) is 5.52. The number of hydrazone groups is 1. The van der Waals surface area contributed by atoms with Crippen LogP contribution in [0.15, 0.2) is 44.3 Å². The summed E-state index contributed by atoms with van der Waals surface area (Å²) in [6.07, 6.45) is 1.59. The topological polar surface area (TPSA) is 49.6 Å². The van der Waals surface area contributed by atoms with Crippen molar-refractivity contribution < 1.29 is 4.42 Å². The van der Waals surface area contributed by atoms with Gasteiger partial charge in [-0.15, -0.1) is 0 Å². The first-order valence-electron chi connectivity index (χ1n) is 6.53. The van der Waals surface area contributed by atoms with E-state index in [2.05, 4.69) is 37.8 Å². The van der Waals surface area contributed by atoms with Crippen LogP contribution in [0.3, 0.4) is 0 Å². The van der Waals surface area contributed by atoms with Gasteiger partial charge in [0, 0.05) is 16.6 Å². The molecule has 110 valence electrons. The molecule has 0 unspecified atom stereocenters. The SMILES string of the molecule is CCNC(=S)N/N=C/c1ccc(-c2ccc(C)cc2Br)o1. The molecular weight excluding hydrogens is 350 g/mol. The van der Waals surface area contributed by atoms with Crippen molar-refractivity contribution in [2.75, 3.05) is 6.54 Å². The van der Waals surface area contributed by atoms with E-state index in [1.165, 1.54) is 5.56 Å². The lowest BCUT2D eigenvalue weighted by Gasteiger charge is -2.02. The molecule has 1 aromatic carbocycles. The molecule has 6 heteroatoms. The van der Waals surface area contributed by atoms with Crippen LogP contribution in [0.4, 0.5) is 0 Å². The van der Waals surface area contributed by atoms with Crippen molar-refractivity contribution >= 4 is 39.5 Å². The summed E-state index contributed by atoms with van der Waals surface area (Å²) < 4.78 is 6.76. The maximum Gasteiger partial charge on any atom is 0.186 e. The number of rotatable bonds is 4. The molecule has 21 heavy (non-hydrogen) atoms. The Morgan fingerprint density at radius 1 is 1.38 bits per heavy atom. The Morgan fingerprint density at radius 3 is 2.90 bits per heavy atom. The van der Waals surface area contributed by atoms with Gasteiger partial charge in [0.05, 0.1) is 6.21 Å². The van der Waals surface area contributed by atoms with E-state index < -0.39 is 0 Å². The average Bonchev–Trinajstić information content (AvgIpc) is 2.87. The molecule has 0 fully saturated rings. The summed E-state index contributed by atoms with van der Waals surface area (Å²) in [4.78, 5) is 0. The lowest BCUT2D eigenvalue weighted by Crippen LogP contribution is -2.31. The van der Waals surface area contributed by atoms with Gasteiger partial charge >= 0.3 is 0 Å². The molecule has 0 atom stereocenters. The van der Waals surface area contributed by atoms with Gasteiger partial charge in [-0.1, -0.05) is 22.0 Å². The number of hydrogen-bond donors (Lipinski definition) is 2. The molecule has 2 aromatic rings. The first kappa shape index (κ1) is 15.7. The monoisotopic (exact) mass is 365 g/mol. The van der Waals surface area contributed by atoms with E-state index in [-0.39, 0.29) is 0 Å². The molecule has 4 nitrogen and oxygen atoms in total. The number of furan rings is 1. The number of benzene rings is 1. The van der Waals surface area contributed by atoms with Crippen molar-refractivity contribution in [3.63, 3.8) is 0 Å². The van der Waals surface area contributed by atoms with Gasteiger partial charge in [0.1, 0.15) is 11.5 Å². The van der Waals surface area contributed by atoms with Gasteiger partial charge in [-0.2, -0.15) is 5.10 Å². The Labute approximate surface area is 137 Å². The highest BCUT2D eigenvalue weighted by Crippen LogP contribution is 2.30. The minimum absolute atomic E-state index is 0.488. The van der Waals surface area contributed by atoms with Crippen LogP contribution in [0.1, 0.15) is 18.2 Å². The van der Waals surface area contributed by atoms with Crippen molar-refractivity contribution in [2.24, 2.45) is 5.10 Å². The second-order valence-corrected chi connectivity index (χ2v) is 5.68. The third-order valence-electron chi connectivity index (χ3n) is 2.71. The molecule has 2 N–H and O–H groups in total. The normalized spacial score (nSPS) is 10.8. The van der Waals surface area contributed by atoms with Gasteiger partial charge in [0.15, 0.2) is 5.11 Å². The van der Waals surface area contributed by atoms with Crippen molar-refractivity contribution in [3.05, 3.63) is 46.1 Å². The van der Waals surface area contributed by atoms with E-state index in [1.807, 2.05) is 38.1 Å². The van der Waals surface area contributed by atoms with Crippen LogP contribution in [-0.4, -0.2) is 17.9 Å². The van der Waals surface area contributed by atoms with Crippen molar-refractivity contribution in [3.8, 4) is 11.3 Å². The van der Waals surface area contributed by atoms with Crippen LogP contribution in [-0.2, 0) is 0 Å². The second-order valence-electron chi connectivity index (χ2n) is 4.41. The summed E-state index contributed by atoms with van der Waals surface area (Å²) in [5, 5.41) is 7.45. The van der Waals surface area contributed by atoms with Gasteiger partial charge in [0.2, 0.25) is 0 Å². The highest BCUT2D eigenvalue weighted by molar-refractivity contribution is 9.10. The van der Waals surface area contributed by atoms with Crippen LogP contribution in [0.25, 0.3) is 11.3 Å². The fraction of sp³-hybridized carbons (Fsp3) is 0.200. The van der Waals surface area contributed by atoms with Gasteiger partial charge in [-0.05, 0) is 55.9 Å². The maximum absolute atomic E-state index is 5.75. The van der Waals surface area contributed by atoms with Crippen LogP contribution in [0, 0.1) is 6.92 Å². The maximum atomic E-state index is 5.75. The van der Waals surface area contributed by atoms with E-state index in [0.29, 0.717) is 10.9 Å². The smallest absolute Gasteiger partial charge is 0.186 e. The first-order valence-corrected chi connectivity index (χ1v) is 7.73. The molecule has 0 radical (unpaired) electrons. The highest BCUT2D eigenvalue weighted by atomic mass is 79.9. The highest BCUT2D eigenvalue weighted by Gasteiger charge is 2.07. The van der Waals surface area contributed by atoms with E-state index in [4.69, 9.17) is 16.6 Å². The van der Waals surface area contributed by atoms with Crippen molar-refractivity contribution in [1.29, 1.82) is 0 Å². The van der Waals surface area contributed by atoms with E-state index in [9.17, 15) is 0 Å². The Bertz CT molecular complexity index is 667. The number of halogens is 1. The summed E-state index contributed by atoms with van der Waals surface area (Å²) in [6, 6.07) is 9.91. The molecule has 0 spiro atoms. The zero-order valence-corrected chi connectivity index (χ0v) is 14.2. The molecular formula is C15H16BrN3OS. The van der Waals surface area contributed by atoms with Gasteiger partial charge < -0.3 is 9.73 Å². The van der Waals surface area contributed by atoms with Crippen LogP contribution >= 0.6 is 28.1 Å². The standard InChI is InChI=1S/C15H16BrN3OS/c1-3-17-15(21)19-18-9-11-5-7-14(20-11)12-6-4-10(2)8-13(12)16/h4-9H,3H2,1-2H3,(H2,17,19,21)/b18-9+. The molecule has 0 aliphatic heterocycles. The Balaban J connectivity index is 2.07. The zero-order chi connectivity index (χ0) is 15.2. The molecule has 0 aliphatic rings. The predicted molar refractivity (Wildman–Crippen MR) is 93.6 cm³/mol. The van der Waals surface area contributed by atoms with Gasteiger partial charge in [-0.3, -0.25) is 5.43 Å². The van der Waals surface area contributed by atoms with Crippen LogP contribution in [0.2, 0.25) is 0 Å². The molecule has 0 saturated heterocycles. The fourth-order valence-corrected chi connectivity index (χ4v) is 2.63. The van der Waals surface area contributed by atoms with Gasteiger partial charge in [0.25, 0.3) is 0 Å². The quantitative estimate of drug-likeness (QED) is 0.491. The molecule has 2 rings (SSSR count). The molecule has 0 bridgehead atoms. The lowest BCUT2D eigenvalue weighted by molar-refractivity contribution is 0.574. The minimum atomic E-state index is 0.488. The zero-order valence-electron chi connectivity index (χ0n) is 11.8. The first-order chi connectivity index (χ1) is 10.1. The summed E-state index contributed by atoms with van der Waals surface area (Å²) in [5.74, 6) is 1.45. The fourth-order valence-electron chi connectivity index (χ4n) is 1.74. The predicted octanol–water partition coefficient (Wildman–Crippen LogP) is 3.84. The van der Waals surface area contributed by atoms with E-state index in [0.717, 1.165) is 22.3 Å². The number of hydrogen-bond acceptors (Lipinski definition) is 3. The largest absolute Gasteiger partial charge is 0.455 e. The Hall–Kier alpha value is -1.66. The molecule has 1 heterocycles. The Morgan fingerprint density at radius 2 is 2.19 bits per heavy atom. The number of aryl methyl sites for hydroxylation is 1. The number of thiocarbonyl (C=S) groups is 1. The third kappa shape index (κ3) is 4.41. The number of nitrogens with one attached hydrogen (secondary N) is 2. The molecule has 0 aliphatic carbocycles. The summed E-state index contributed by atoms with van der Waals surface area (Å²) in [6.45, 7) is 4.78. The van der Waals surface area contributed by atoms with Crippen LogP contribution < -0.4 is 10.7 Å². The molecule has 0 amide bonds. The number of nitrogens with zero attached hydrogens (tertiary/aromatic N) is 1. The summed E-state index contributed by atoms with van der Waals surface area (Å²) in [5.41, 5.74) is 4.93. The van der Waals surface area contributed by atoms with Crippen LogP contribution in [0.5, 0.6) is 0 Å².